The third-order valence-electron chi connectivity index (χ3n) is 2.16. The van der Waals surface area contributed by atoms with Crippen molar-refractivity contribution in [1.29, 1.82) is 5.41 Å². The van der Waals surface area contributed by atoms with Crippen molar-refractivity contribution in [3.63, 3.8) is 0 Å². The Kier molecular flexibility index (Phi) is 5.35. The summed E-state index contributed by atoms with van der Waals surface area (Å²) in [6, 6.07) is -0.105. The lowest BCUT2D eigenvalue weighted by atomic mass is 10.1. The number of carbonyl (C=O) groups is 1. The Bertz CT molecular complexity index is 301. The summed E-state index contributed by atoms with van der Waals surface area (Å²) in [5, 5.41) is 7.97. The number of nitrogens with one attached hydrogen (secondary N) is 1. The SMILES string of the molecule is C=CCN1C(=N)SCN(C(C)(C)C)C1=O.Cl. The molecule has 2 amide bonds. The molecule has 1 saturated heterocycles. The van der Waals surface area contributed by atoms with E-state index >= 15 is 0 Å². The molecule has 1 aliphatic rings. The molecular formula is C10H18ClN3OS. The first kappa shape index (κ1) is 15.3. The third-order valence-corrected chi connectivity index (χ3v) is 3.04. The number of hydrogen-bond acceptors (Lipinski definition) is 3. The Morgan fingerprint density at radius 2 is 2.12 bits per heavy atom. The largest absolute Gasteiger partial charge is 0.327 e. The van der Waals surface area contributed by atoms with Crippen LogP contribution in [0.25, 0.3) is 0 Å². The molecule has 0 saturated carbocycles. The van der Waals surface area contributed by atoms with Crippen LogP contribution < -0.4 is 0 Å². The van der Waals surface area contributed by atoms with E-state index in [1.54, 1.807) is 11.0 Å². The van der Waals surface area contributed by atoms with E-state index in [4.69, 9.17) is 5.41 Å². The van der Waals surface area contributed by atoms with Gasteiger partial charge in [0.05, 0.1) is 5.88 Å². The van der Waals surface area contributed by atoms with Crippen molar-refractivity contribution < 1.29 is 4.79 Å². The second-order valence-electron chi connectivity index (χ2n) is 4.36. The van der Waals surface area contributed by atoms with E-state index in [1.165, 1.54) is 16.7 Å². The number of halogens is 1. The van der Waals surface area contributed by atoms with Crippen LogP contribution in [0.1, 0.15) is 20.8 Å². The first-order valence-electron chi connectivity index (χ1n) is 4.79. The van der Waals surface area contributed by atoms with Gasteiger partial charge in [-0.1, -0.05) is 17.8 Å². The predicted molar refractivity (Wildman–Crippen MR) is 71.3 cm³/mol. The fourth-order valence-corrected chi connectivity index (χ4v) is 2.32. The van der Waals surface area contributed by atoms with Gasteiger partial charge in [0.2, 0.25) is 0 Å². The van der Waals surface area contributed by atoms with Gasteiger partial charge in [-0.25, -0.2) is 4.79 Å². The zero-order chi connectivity index (χ0) is 11.6. The van der Waals surface area contributed by atoms with Crippen LogP contribution in [0.2, 0.25) is 0 Å². The minimum Gasteiger partial charge on any atom is -0.310 e. The van der Waals surface area contributed by atoms with Gasteiger partial charge in [0.15, 0.2) is 5.17 Å². The Hall–Kier alpha value is -0.680. The molecule has 0 radical (unpaired) electrons. The first-order chi connectivity index (χ1) is 6.88. The van der Waals surface area contributed by atoms with E-state index in [-0.39, 0.29) is 24.0 Å². The maximum atomic E-state index is 12.0. The van der Waals surface area contributed by atoms with Crippen molar-refractivity contribution in [3.05, 3.63) is 12.7 Å². The van der Waals surface area contributed by atoms with E-state index in [0.29, 0.717) is 17.6 Å². The zero-order valence-corrected chi connectivity index (χ0v) is 11.5. The fourth-order valence-electron chi connectivity index (χ4n) is 1.26. The number of hydrogen-bond donors (Lipinski definition) is 1. The van der Waals surface area contributed by atoms with Crippen LogP contribution in [0.5, 0.6) is 0 Å². The molecule has 0 atom stereocenters. The second kappa shape index (κ2) is 5.59. The van der Waals surface area contributed by atoms with E-state index in [2.05, 4.69) is 6.58 Å². The van der Waals surface area contributed by atoms with E-state index in [0.717, 1.165) is 0 Å². The van der Waals surface area contributed by atoms with Crippen LogP contribution in [-0.2, 0) is 0 Å². The molecule has 0 aliphatic carbocycles. The lowest BCUT2D eigenvalue weighted by Gasteiger charge is -2.42. The van der Waals surface area contributed by atoms with E-state index < -0.39 is 0 Å². The average Bonchev–Trinajstić information content (AvgIpc) is 2.09. The number of rotatable bonds is 2. The number of carbonyl (C=O) groups excluding carboxylic acids is 1. The van der Waals surface area contributed by atoms with Crippen LogP contribution in [0, 0.1) is 5.41 Å². The summed E-state index contributed by atoms with van der Waals surface area (Å²) < 4.78 is 0. The summed E-state index contributed by atoms with van der Waals surface area (Å²) in [5.41, 5.74) is -0.204. The maximum absolute atomic E-state index is 12.0. The molecule has 1 rings (SSSR count). The molecule has 1 fully saturated rings. The van der Waals surface area contributed by atoms with Gasteiger partial charge in [-0.3, -0.25) is 10.3 Å². The van der Waals surface area contributed by atoms with E-state index in [1.807, 2.05) is 20.8 Å². The van der Waals surface area contributed by atoms with Crippen LogP contribution >= 0.6 is 24.2 Å². The van der Waals surface area contributed by atoms with Gasteiger partial charge in [-0.2, -0.15) is 0 Å². The van der Waals surface area contributed by atoms with Crippen molar-refractivity contribution >= 4 is 35.4 Å². The van der Waals surface area contributed by atoms with E-state index in [9.17, 15) is 4.79 Å². The molecule has 1 aliphatic heterocycles. The molecule has 1 heterocycles. The highest BCUT2D eigenvalue weighted by Gasteiger charge is 2.35. The smallest absolute Gasteiger partial charge is 0.310 e. The highest BCUT2D eigenvalue weighted by molar-refractivity contribution is 8.13. The summed E-state index contributed by atoms with van der Waals surface area (Å²) in [6.45, 7) is 9.97. The van der Waals surface area contributed by atoms with Gasteiger partial charge in [-0.05, 0) is 20.8 Å². The molecule has 6 heteroatoms. The lowest BCUT2D eigenvalue weighted by Crippen LogP contribution is -2.56. The molecule has 92 valence electrons. The van der Waals surface area contributed by atoms with Gasteiger partial charge < -0.3 is 4.90 Å². The standard InChI is InChI=1S/C10H17N3OS.ClH/c1-5-6-12-8(11)15-7-13(9(12)14)10(2,3)4;/h5,11H,1,6-7H2,2-4H3;1H. The van der Waals surface area contributed by atoms with Gasteiger partial charge in [0.25, 0.3) is 0 Å². The minimum absolute atomic E-state index is 0. The highest BCUT2D eigenvalue weighted by atomic mass is 35.5. The minimum atomic E-state index is -0.204. The van der Waals surface area contributed by atoms with Crippen molar-refractivity contribution in [2.45, 2.75) is 26.3 Å². The average molecular weight is 264 g/mol. The highest BCUT2D eigenvalue weighted by Crippen LogP contribution is 2.25. The molecule has 4 nitrogen and oxygen atoms in total. The molecule has 0 aromatic rings. The predicted octanol–water partition coefficient (Wildman–Crippen LogP) is 2.76. The zero-order valence-electron chi connectivity index (χ0n) is 9.82. The van der Waals surface area contributed by atoms with Gasteiger partial charge in [0.1, 0.15) is 0 Å². The Labute approximate surface area is 107 Å². The maximum Gasteiger partial charge on any atom is 0.327 e. The van der Waals surface area contributed by atoms with Crippen molar-refractivity contribution in [1.82, 2.24) is 9.80 Å². The second-order valence-corrected chi connectivity index (χ2v) is 5.29. The number of amides is 2. The molecule has 0 bridgehead atoms. The Balaban J connectivity index is 0.00000225. The van der Waals surface area contributed by atoms with Crippen LogP contribution in [0.4, 0.5) is 4.79 Å². The quantitative estimate of drug-likeness (QED) is 0.779. The Morgan fingerprint density at radius 1 is 1.56 bits per heavy atom. The van der Waals surface area contributed by atoms with Gasteiger partial charge in [-0.15, -0.1) is 19.0 Å². The molecule has 0 aromatic carbocycles. The molecule has 0 spiro atoms. The number of thioether (sulfide) groups is 1. The molecular weight excluding hydrogens is 246 g/mol. The number of nitrogens with zero attached hydrogens (tertiary/aromatic N) is 2. The number of urea groups is 1. The van der Waals surface area contributed by atoms with Crippen molar-refractivity contribution in [2.24, 2.45) is 0 Å². The van der Waals surface area contributed by atoms with Crippen LogP contribution in [0.15, 0.2) is 12.7 Å². The molecule has 0 aromatic heterocycles. The summed E-state index contributed by atoms with van der Waals surface area (Å²) in [5.74, 6) is 0.550. The van der Waals surface area contributed by atoms with Crippen LogP contribution in [-0.4, -0.2) is 39.0 Å². The molecule has 1 N–H and O–H groups in total. The summed E-state index contributed by atoms with van der Waals surface area (Å²) in [7, 11) is 0. The Morgan fingerprint density at radius 3 is 2.56 bits per heavy atom. The fraction of sp³-hybridized carbons (Fsp3) is 0.600. The van der Waals surface area contributed by atoms with Gasteiger partial charge in [0, 0.05) is 12.1 Å². The monoisotopic (exact) mass is 263 g/mol. The summed E-state index contributed by atoms with van der Waals surface area (Å²) >= 11 is 1.37. The van der Waals surface area contributed by atoms with Crippen molar-refractivity contribution in [3.8, 4) is 0 Å². The summed E-state index contributed by atoms with van der Waals surface area (Å²) in [6.07, 6.45) is 1.64. The van der Waals surface area contributed by atoms with Crippen LogP contribution in [0.3, 0.4) is 0 Å². The summed E-state index contributed by atoms with van der Waals surface area (Å²) in [4.78, 5) is 15.2. The topological polar surface area (TPSA) is 47.4 Å². The normalized spacial score (nSPS) is 17.2. The first-order valence-corrected chi connectivity index (χ1v) is 5.78. The number of amidine groups is 1. The molecule has 16 heavy (non-hydrogen) atoms. The lowest BCUT2D eigenvalue weighted by molar-refractivity contribution is 0.141. The third kappa shape index (κ3) is 3.15. The molecule has 0 unspecified atom stereocenters. The van der Waals surface area contributed by atoms with Crippen molar-refractivity contribution in [2.75, 3.05) is 12.4 Å². The van der Waals surface area contributed by atoms with Gasteiger partial charge >= 0.3 is 6.03 Å².